The predicted octanol–water partition coefficient (Wildman–Crippen LogP) is 3.10. The van der Waals surface area contributed by atoms with Crippen molar-refractivity contribution in [2.45, 2.75) is 25.4 Å². The Morgan fingerprint density at radius 2 is 1.90 bits per heavy atom. The highest BCUT2D eigenvalue weighted by atomic mass is 35.5. The van der Waals surface area contributed by atoms with E-state index >= 15 is 0 Å². The molecule has 0 amide bonds. The molecule has 3 rings (SSSR count). The summed E-state index contributed by atoms with van der Waals surface area (Å²) in [5.41, 5.74) is 0.122. The summed E-state index contributed by atoms with van der Waals surface area (Å²) in [6.45, 7) is 3.72. The summed E-state index contributed by atoms with van der Waals surface area (Å²) in [5, 5.41) is 3.34. The van der Waals surface area contributed by atoms with Crippen molar-refractivity contribution in [2.24, 2.45) is 5.41 Å². The molecule has 0 radical (unpaired) electrons. The molecule has 0 saturated carbocycles. The zero-order valence-electron chi connectivity index (χ0n) is 11.6. The van der Waals surface area contributed by atoms with E-state index in [2.05, 4.69) is 15.2 Å². The van der Waals surface area contributed by atoms with E-state index < -0.39 is 11.9 Å². The molecule has 1 spiro atoms. The molecule has 3 heterocycles. The third kappa shape index (κ3) is 3.43. The minimum Gasteiger partial charge on any atom is -0.371 e. The molecule has 1 aromatic heterocycles. The van der Waals surface area contributed by atoms with Crippen LogP contribution in [-0.4, -0.2) is 31.2 Å². The second-order valence-electron chi connectivity index (χ2n) is 5.82. The molecular weight excluding hydrogens is 303 g/mol. The Kier molecular flexibility index (Phi) is 4.68. The number of rotatable bonds is 1. The third-order valence-corrected chi connectivity index (χ3v) is 4.50. The van der Waals surface area contributed by atoms with Crippen molar-refractivity contribution in [2.75, 3.05) is 31.1 Å². The van der Waals surface area contributed by atoms with Crippen LogP contribution in [0.1, 0.15) is 25.0 Å². The van der Waals surface area contributed by atoms with Crippen molar-refractivity contribution < 1.29 is 13.2 Å². The second kappa shape index (κ2) is 6.01. The van der Waals surface area contributed by atoms with Crippen LogP contribution in [0.2, 0.25) is 0 Å². The highest BCUT2D eigenvalue weighted by Gasteiger charge is 2.39. The lowest BCUT2D eigenvalue weighted by Crippen LogP contribution is -2.38. The number of pyridine rings is 1. The zero-order chi connectivity index (χ0) is 14.2. The van der Waals surface area contributed by atoms with E-state index in [1.807, 2.05) is 0 Å². The lowest BCUT2D eigenvalue weighted by Gasteiger charge is -2.34. The van der Waals surface area contributed by atoms with Crippen molar-refractivity contribution in [3.8, 4) is 0 Å². The first kappa shape index (κ1) is 16.4. The highest BCUT2D eigenvalue weighted by molar-refractivity contribution is 5.85. The molecule has 0 atom stereocenters. The summed E-state index contributed by atoms with van der Waals surface area (Å²) in [6, 6.07) is 2.84. The Hall–Kier alpha value is -1.01. The number of halogens is 4. The van der Waals surface area contributed by atoms with Gasteiger partial charge in [-0.1, -0.05) is 0 Å². The number of aromatic nitrogens is 1. The Bertz CT molecular complexity index is 487. The minimum absolute atomic E-state index is 0. The topological polar surface area (TPSA) is 28.2 Å². The molecule has 1 N–H and O–H groups in total. The minimum atomic E-state index is -4.37. The van der Waals surface area contributed by atoms with Gasteiger partial charge in [0.25, 0.3) is 0 Å². The SMILES string of the molecule is Cl.FC(F)(F)c1cc(N2CCC3(CCNCC3)C2)ccn1. The monoisotopic (exact) mass is 321 g/mol. The molecule has 1 aromatic rings. The maximum Gasteiger partial charge on any atom is 0.433 e. The molecule has 0 bridgehead atoms. The maximum atomic E-state index is 12.7. The lowest BCUT2D eigenvalue weighted by molar-refractivity contribution is -0.141. The van der Waals surface area contributed by atoms with Gasteiger partial charge in [0.1, 0.15) is 5.69 Å². The molecule has 21 heavy (non-hydrogen) atoms. The van der Waals surface area contributed by atoms with E-state index in [4.69, 9.17) is 0 Å². The van der Waals surface area contributed by atoms with Gasteiger partial charge in [-0.15, -0.1) is 12.4 Å². The second-order valence-corrected chi connectivity index (χ2v) is 5.82. The van der Waals surface area contributed by atoms with Gasteiger partial charge in [-0.25, -0.2) is 0 Å². The van der Waals surface area contributed by atoms with Crippen LogP contribution in [0.5, 0.6) is 0 Å². The lowest BCUT2D eigenvalue weighted by atomic mass is 9.78. The highest BCUT2D eigenvalue weighted by Crippen LogP contribution is 2.41. The van der Waals surface area contributed by atoms with Crippen molar-refractivity contribution >= 4 is 18.1 Å². The quantitative estimate of drug-likeness (QED) is 0.861. The summed E-state index contributed by atoms with van der Waals surface area (Å²) in [5.74, 6) is 0. The van der Waals surface area contributed by atoms with Crippen LogP contribution in [0.15, 0.2) is 18.3 Å². The summed E-state index contributed by atoms with van der Waals surface area (Å²) in [7, 11) is 0. The van der Waals surface area contributed by atoms with Gasteiger partial charge in [0, 0.05) is 25.0 Å². The summed E-state index contributed by atoms with van der Waals surface area (Å²) in [6.07, 6.45) is 0.174. The van der Waals surface area contributed by atoms with E-state index in [0.717, 1.165) is 45.4 Å². The molecule has 0 aliphatic carbocycles. The molecule has 2 saturated heterocycles. The van der Waals surface area contributed by atoms with Crippen LogP contribution in [-0.2, 0) is 6.18 Å². The molecule has 3 nitrogen and oxygen atoms in total. The average Bonchev–Trinajstić information content (AvgIpc) is 2.83. The van der Waals surface area contributed by atoms with E-state index in [-0.39, 0.29) is 17.8 Å². The van der Waals surface area contributed by atoms with E-state index in [0.29, 0.717) is 5.69 Å². The average molecular weight is 322 g/mol. The number of anilines is 1. The summed E-state index contributed by atoms with van der Waals surface area (Å²) < 4.78 is 38.1. The number of nitrogens with zero attached hydrogens (tertiary/aromatic N) is 2. The van der Waals surface area contributed by atoms with Gasteiger partial charge in [0.2, 0.25) is 0 Å². The van der Waals surface area contributed by atoms with Crippen molar-refractivity contribution in [1.29, 1.82) is 0 Å². The number of alkyl halides is 3. The Morgan fingerprint density at radius 1 is 1.19 bits per heavy atom. The van der Waals surface area contributed by atoms with Crippen LogP contribution in [0, 0.1) is 5.41 Å². The third-order valence-electron chi connectivity index (χ3n) is 4.50. The Labute approximate surface area is 128 Å². The number of hydrogen-bond donors (Lipinski definition) is 1. The molecular formula is C14H19ClF3N3. The first-order valence-corrected chi connectivity index (χ1v) is 6.98. The number of piperidine rings is 1. The summed E-state index contributed by atoms with van der Waals surface area (Å²) >= 11 is 0. The van der Waals surface area contributed by atoms with Crippen LogP contribution < -0.4 is 10.2 Å². The molecule has 2 fully saturated rings. The van der Waals surface area contributed by atoms with Gasteiger partial charge >= 0.3 is 6.18 Å². The largest absolute Gasteiger partial charge is 0.433 e. The van der Waals surface area contributed by atoms with Gasteiger partial charge in [-0.2, -0.15) is 13.2 Å². The van der Waals surface area contributed by atoms with Crippen LogP contribution in [0.4, 0.5) is 18.9 Å². The van der Waals surface area contributed by atoms with Crippen LogP contribution >= 0.6 is 12.4 Å². The standard InChI is InChI=1S/C14H18F3N3.ClH/c15-14(16,17)12-9-11(1-5-19-12)20-8-4-13(10-20)2-6-18-7-3-13;/h1,5,9,18H,2-4,6-8,10H2;1H. The molecule has 0 unspecified atom stereocenters. The van der Waals surface area contributed by atoms with E-state index in [1.54, 1.807) is 6.07 Å². The fraction of sp³-hybridized carbons (Fsp3) is 0.643. The maximum absolute atomic E-state index is 12.7. The van der Waals surface area contributed by atoms with Crippen LogP contribution in [0.25, 0.3) is 0 Å². The molecule has 0 aromatic carbocycles. The van der Waals surface area contributed by atoms with Gasteiger partial charge < -0.3 is 10.2 Å². The normalized spacial score (nSPS) is 21.4. The Balaban J connectivity index is 0.00000161. The Morgan fingerprint density at radius 3 is 2.57 bits per heavy atom. The number of nitrogens with one attached hydrogen (secondary N) is 1. The smallest absolute Gasteiger partial charge is 0.371 e. The van der Waals surface area contributed by atoms with E-state index in [1.165, 1.54) is 12.3 Å². The van der Waals surface area contributed by atoms with Crippen molar-refractivity contribution in [3.05, 3.63) is 24.0 Å². The van der Waals surface area contributed by atoms with Gasteiger partial charge in [0.05, 0.1) is 0 Å². The van der Waals surface area contributed by atoms with Crippen molar-refractivity contribution in [3.63, 3.8) is 0 Å². The van der Waals surface area contributed by atoms with Crippen LogP contribution in [0.3, 0.4) is 0 Å². The first-order valence-electron chi connectivity index (χ1n) is 6.98. The number of hydrogen-bond acceptors (Lipinski definition) is 3. The van der Waals surface area contributed by atoms with Gasteiger partial charge in [-0.3, -0.25) is 4.98 Å². The van der Waals surface area contributed by atoms with Crippen molar-refractivity contribution in [1.82, 2.24) is 10.3 Å². The predicted molar refractivity (Wildman–Crippen MR) is 77.9 cm³/mol. The summed E-state index contributed by atoms with van der Waals surface area (Å²) in [4.78, 5) is 5.50. The molecule has 2 aliphatic heterocycles. The molecule has 2 aliphatic rings. The first-order chi connectivity index (χ1) is 9.49. The van der Waals surface area contributed by atoms with E-state index in [9.17, 15) is 13.2 Å². The zero-order valence-corrected chi connectivity index (χ0v) is 12.4. The van der Waals surface area contributed by atoms with Gasteiger partial charge in [0.15, 0.2) is 0 Å². The fourth-order valence-corrected chi connectivity index (χ4v) is 3.29. The molecule has 7 heteroatoms. The molecule has 118 valence electrons. The fourth-order valence-electron chi connectivity index (χ4n) is 3.29. The van der Waals surface area contributed by atoms with Gasteiger partial charge in [-0.05, 0) is 49.9 Å².